The third-order valence-electron chi connectivity index (χ3n) is 3.91. The second-order valence-corrected chi connectivity index (χ2v) is 7.28. The monoisotopic (exact) mass is 373 g/mol. The number of aryl methyl sites for hydroxylation is 2. The van der Waals surface area contributed by atoms with E-state index < -0.39 is 0 Å². The highest BCUT2D eigenvalue weighted by molar-refractivity contribution is 7.98. The number of benzene rings is 2. The fourth-order valence-corrected chi connectivity index (χ4v) is 3.29. The molecule has 0 aliphatic rings. The van der Waals surface area contributed by atoms with Crippen molar-refractivity contribution in [3.63, 3.8) is 0 Å². The zero-order chi connectivity index (χ0) is 17.8. The quantitative estimate of drug-likeness (QED) is 0.573. The summed E-state index contributed by atoms with van der Waals surface area (Å²) in [5.74, 6) is 2.43. The average Bonchev–Trinajstić information content (AvgIpc) is 2.95. The van der Waals surface area contributed by atoms with Crippen LogP contribution in [0.2, 0.25) is 5.02 Å². The summed E-state index contributed by atoms with van der Waals surface area (Å²) in [6.07, 6.45) is 0. The van der Waals surface area contributed by atoms with Gasteiger partial charge < -0.3 is 9.30 Å². The van der Waals surface area contributed by atoms with Crippen molar-refractivity contribution in [1.29, 1.82) is 0 Å². The van der Waals surface area contributed by atoms with Gasteiger partial charge in [0.05, 0.1) is 0 Å². The van der Waals surface area contributed by atoms with Gasteiger partial charge in [-0.05, 0) is 43.2 Å². The maximum atomic E-state index is 6.04. The largest absolute Gasteiger partial charge is 0.486 e. The van der Waals surface area contributed by atoms with E-state index in [9.17, 15) is 0 Å². The van der Waals surface area contributed by atoms with Crippen molar-refractivity contribution in [2.45, 2.75) is 31.4 Å². The fourth-order valence-electron chi connectivity index (χ4n) is 2.28. The second kappa shape index (κ2) is 7.93. The van der Waals surface area contributed by atoms with Gasteiger partial charge >= 0.3 is 0 Å². The van der Waals surface area contributed by atoms with Gasteiger partial charge in [-0.2, -0.15) is 0 Å². The summed E-state index contributed by atoms with van der Waals surface area (Å²) in [6, 6.07) is 14.2. The van der Waals surface area contributed by atoms with Crippen LogP contribution >= 0.6 is 23.4 Å². The summed E-state index contributed by atoms with van der Waals surface area (Å²) in [5, 5.41) is 10.1. The molecule has 0 amide bonds. The SMILES string of the molecule is Cc1ccc(CSc2nnc(COc3ccc(Cl)c(C)c3)n2C)cc1. The van der Waals surface area contributed by atoms with Crippen molar-refractivity contribution >= 4 is 23.4 Å². The van der Waals surface area contributed by atoms with E-state index in [0.717, 1.165) is 33.1 Å². The summed E-state index contributed by atoms with van der Waals surface area (Å²) in [7, 11) is 1.96. The molecule has 4 nitrogen and oxygen atoms in total. The number of hydrogen-bond acceptors (Lipinski definition) is 4. The first kappa shape index (κ1) is 17.8. The Kier molecular flexibility index (Phi) is 5.66. The van der Waals surface area contributed by atoms with Crippen molar-refractivity contribution in [2.24, 2.45) is 7.05 Å². The fraction of sp³-hybridized carbons (Fsp3) is 0.263. The Morgan fingerprint density at radius 1 is 1.08 bits per heavy atom. The minimum Gasteiger partial charge on any atom is -0.486 e. The van der Waals surface area contributed by atoms with Crippen molar-refractivity contribution in [1.82, 2.24) is 14.8 Å². The van der Waals surface area contributed by atoms with Gasteiger partial charge in [0.1, 0.15) is 12.4 Å². The van der Waals surface area contributed by atoms with Crippen LogP contribution in [-0.2, 0) is 19.4 Å². The van der Waals surface area contributed by atoms with Gasteiger partial charge in [0, 0.05) is 17.8 Å². The lowest BCUT2D eigenvalue weighted by Gasteiger charge is -2.08. The highest BCUT2D eigenvalue weighted by Gasteiger charge is 2.10. The molecule has 0 saturated carbocycles. The van der Waals surface area contributed by atoms with E-state index in [4.69, 9.17) is 16.3 Å². The normalized spacial score (nSPS) is 10.9. The van der Waals surface area contributed by atoms with Crippen LogP contribution < -0.4 is 4.74 Å². The van der Waals surface area contributed by atoms with E-state index in [1.54, 1.807) is 11.8 Å². The molecule has 6 heteroatoms. The highest BCUT2D eigenvalue weighted by atomic mass is 35.5. The van der Waals surface area contributed by atoms with Gasteiger partial charge in [0.15, 0.2) is 11.0 Å². The molecule has 25 heavy (non-hydrogen) atoms. The predicted octanol–water partition coefficient (Wildman–Crippen LogP) is 4.96. The summed E-state index contributed by atoms with van der Waals surface area (Å²) < 4.78 is 7.78. The lowest BCUT2D eigenvalue weighted by atomic mass is 10.2. The first-order chi connectivity index (χ1) is 12.0. The minimum absolute atomic E-state index is 0.371. The van der Waals surface area contributed by atoms with E-state index >= 15 is 0 Å². The molecule has 130 valence electrons. The van der Waals surface area contributed by atoms with Crippen molar-refractivity contribution < 1.29 is 4.74 Å². The number of thioether (sulfide) groups is 1. The third kappa shape index (κ3) is 4.55. The topological polar surface area (TPSA) is 39.9 Å². The zero-order valence-electron chi connectivity index (χ0n) is 14.5. The number of aromatic nitrogens is 3. The molecule has 3 aromatic rings. The molecule has 0 bridgehead atoms. The maximum Gasteiger partial charge on any atom is 0.191 e. The molecule has 0 saturated heterocycles. The van der Waals surface area contributed by atoms with Gasteiger partial charge in [-0.25, -0.2) is 0 Å². The Bertz CT molecular complexity index is 862. The van der Waals surface area contributed by atoms with Gasteiger partial charge in [0.25, 0.3) is 0 Å². The third-order valence-corrected chi connectivity index (χ3v) is 5.43. The number of halogens is 1. The van der Waals surface area contributed by atoms with Crippen LogP contribution in [0.5, 0.6) is 5.75 Å². The van der Waals surface area contributed by atoms with Crippen LogP contribution in [0.25, 0.3) is 0 Å². The minimum atomic E-state index is 0.371. The van der Waals surface area contributed by atoms with E-state index in [1.165, 1.54) is 11.1 Å². The molecular formula is C19H20ClN3OS. The van der Waals surface area contributed by atoms with Gasteiger partial charge in [-0.1, -0.05) is 53.2 Å². The van der Waals surface area contributed by atoms with Gasteiger partial charge in [-0.3, -0.25) is 0 Å². The van der Waals surface area contributed by atoms with Crippen molar-refractivity contribution in [3.05, 3.63) is 70.0 Å². The van der Waals surface area contributed by atoms with Gasteiger partial charge in [0.2, 0.25) is 0 Å². The van der Waals surface area contributed by atoms with E-state index in [-0.39, 0.29) is 0 Å². The van der Waals surface area contributed by atoms with E-state index in [1.807, 2.05) is 36.7 Å². The summed E-state index contributed by atoms with van der Waals surface area (Å²) in [4.78, 5) is 0. The van der Waals surface area contributed by atoms with Crippen LogP contribution in [0, 0.1) is 13.8 Å². The summed E-state index contributed by atoms with van der Waals surface area (Å²) in [6.45, 7) is 4.42. The van der Waals surface area contributed by atoms with Gasteiger partial charge in [-0.15, -0.1) is 10.2 Å². The van der Waals surface area contributed by atoms with E-state index in [2.05, 4.69) is 41.4 Å². The standard InChI is InChI=1S/C19H20ClN3OS/c1-13-4-6-15(7-5-13)12-25-19-22-21-18(23(19)3)11-24-16-8-9-17(20)14(2)10-16/h4-10H,11-12H2,1-3H3. The highest BCUT2D eigenvalue weighted by Crippen LogP contribution is 2.23. The molecule has 0 unspecified atom stereocenters. The van der Waals surface area contributed by atoms with Crippen molar-refractivity contribution in [3.8, 4) is 5.75 Å². The first-order valence-corrected chi connectivity index (χ1v) is 9.35. The molecule has 3 rings (SSSR count). The molecule has 1 heterocycles. The molecule has 0 spiro atoms. The van der Waals surface area contributed by atoms with Crippen LogP contribution in [0.3, 0.4) is 0 Å². The predicted molar refractivity (Wildman–Crippen MR) is 102 cm³/mol. The number of nitrogens with zero attached hydrogens (tertiary/aromatic N) is 3. The Morgan fingerprint density at radius 3 is 2.56 bits per heavy atom. The molecule has 0 aliphatic carbocycles. The Labute approximate surface area is 157 Å². The van der Waals surface area contributed by atoms with Crippen LogP contribution in [0.15, 0.2) is 47.6 Å². The Balaban J connectivity index is 1.60. The molecule has 2 aromatic carbocycles. The van der Waals surface area contributed by atoms with Crippen molar-refractivity contribution in [2.75, 3.05) is 0 Å². The maximum absolute atomic E-state index is 6.04. The Hall–Kier alpha value is -1.98. The van der Waals surface area contributed by atoms with Crippen LogP contribution in [-0.4, -0.2) is 14.8 Å². The van der Waals surface area contributed by atoms with Crippen LogP contribution in [0.1, 0.15) is 22.5 Å². The molecular weight excluding hydrogens is 354 g/mol. The van der Waals surface area contributed by atoms with Crippen LogP contribution in [0.4, 0.5) is 0 Å². The zero-order valence-corrected chi connectivity index (χ0v) is 16.1. The lowest BCUT2D eigenvalue weighted by molar-refractivity contribution is 0.290. The molecule has 0 radical (unpaired) electrons. The molecule has 0 atom stereocenters. The second-order valence-electron chi connectivity index (χ2n) is 5.93. The molecule has 0 aliphatic heterocycles. The lowest BCUT2D eigenvalue weighted by Crippen LogP contribution is -2.04. The number of hydrogen-bond donors (Lipinski definition) is 0. The molecule has 1 aromatic heterocycles. The summed E-state index contributed by atoms with van der Waals surface area (Å²) >= 11 is 7.70. The molecule has 0 fully saturated rings. The first-order valence-electron chi connectivity index (χ1n) is 7.98. The summed E-state index contributed by atoms with van der Waals surface area (Å²) in [5.41, 5.74) is 3.53. The smallest absolute Gasteiger partial charge is 0.191 e. The molecule has 0 N–H and O–H groups in total. The number of rotatable bonds is 6. The van der Waals surface area contributed by atoms with E-state index in [0.29, 0.717) is 6.61 Å². The average molecular weight is 374 g/mol. The Morgan fingerprint density at radius 2 is 1.84 bits per heavy atom. The number of ether oxygens (including phenoxy) is 1.